The van der Waals surface area contributed by atoms with Gasteiger partial charge in [-0.25, -0.2) is 4.39 Å². The number of hydrogen-bond acceptors (Lipinski definition) is 1. The van der Waals surface area contributed by atoms with Crippen LogP contribution in [0, 0.1) is 11.2 Å². The fourth-order valence-electron chi connectivity index (χ4n) is 3.77. The lowest BCUT2D eigenvalue weighted by Gasteiger charge is -2.57. The van der Waals surface area contributed by atoms with Crippen molar-refractivity contribution in [3.8, 4) is 0 Å². The van der Waals surface area contributed by atoms with E-state index in [9.17, 15) is 4.39 Å². The van der Waals surface area contributed by atoms with Crippen molar-refractivity contribution in [1.29, 1.82) is 0 Å². The largest absolute Gasteiger partial charge is 0.314 e. The van der Waals surface area contributed by atoms with Gasteiger partial charge in [-0.3, -0.25) is 0 Å². The molecule has 1 aromatic rings. The highest BCUT2D eigenvalue weighted by Crippen LogP contribution is 2.59. The number of benzene rings is 1. The summed E-state index contributed by atoms with van der Waals surface area (Å²) in [7, 11) is 0. The van der Waals surface area contributed by atoms with Gasteiger partial charge in [-0.2, -0.15) is 0 Å². The lowest BCUT2D eigenvalue weighted by molar-refractivity contribution is 0.0118. The van der Waals surface area contributed by atoms with Gasteiger partial charge in [0.2, 0.25) is 0 Å². The van der Waals surface area contributed by atoms with E-state index in [0.29, 0.717) is 11.5 Å². The summed E-state index contributed by atoms with van der Waals surface area (Å²) in [6.45, 7) is 9.97. The molecule has 1 saturated carbocycles. The van der Waals surface area contributed by atoms with E-state index in [1.54, 1.807) is 12.1 Å². The second-order valence-electron chi connectivity index (χ2n) is 6.88. The first-order chi connectivity index (χ1) is 9.45. The standard InChI is InChI=1S/C18H28FN/c1-5-17(6-2)11-18(12-17,13-20-14(3)4)15-7-9-16(19)10-8-15/h7-10,14,20H,5-6,11-13H2,1-4H3. The first kappa shape index (κ1) is 15.5. The van der Waals surface area contributed by atoms with Crippen LogP contribution in [0.15, 0.2) is 24.3 Å². The zero-order chi connectivity index (χ0) is 14.8. The van der Waals surface area contributed by atoms with Gasteiger partial charge in [0.1, 0.15) is 5.82 Å². The summed E-state index contributed by atoms with van der Waals surface area (Å²) in [5, 5.41) is 3.59. The van der Waals surface area contributed by atoms with Gasteiger partial charge in [0, 0.05) is 18.0 Å². The van der Waals surface area contributed by atoms with Gasteiger partial charge in [-0.15, -0.1) is 0 Å². The quantitative estimate of drug-likeness (QED) is 0.797. The van der Waals surface area contributed by atoms with Crippen molar-refractivity contribution >= 4 is 0 Å². The molecule has 0 bridgehead atoms. The molecule has 1 fully saturated rings. The van der Waals surface area contributed by atoms with E-state index in [-0.39, 0.29) is 11.2 Å². The summed E-state index contributed by atoms with van der Waals surface area (Å²) in [5.74, 6) is -0.141. The Kier molecular flexibility index (Phi) is 4.53. The maximum Gasteiger partial charge on any atom is 0.123 e. The van der Waals surface area contributed by atoms with Gasteiger partial charge < -0.3 is 5.32 Å². The van der Waals surface area contributed by atoms with Gasteiger partial charge in [0.05, 0.1) is 0 Å². The van der Waals surface area contributed by atoms with Crippen LogP contribution in [0.5, 0.6) is 0 Å². The Morgan fingerprint density at radius 1 is 1.10 bits per heavy atom. The third-order valence-electron chi connectivity index (χ3n) is 5.23. The van der Waals surface area contributed by atoms with E-state index >= 15 is 0 Å². The van der Waals surface area contributed by atoms with Crippen LogP contribution in [0.1, 0.15) is 58.9 Å². The molecule has 0 heterocycles. The third kappa shape index (κ3) is 2.90. The molecule has 1 aliphatic rings. The molecule has 0 spiro atoms. The van der Waals surface area contributed by atoms with Crippen LogP contribution in [-0.4, -0.2) is 12.6 Å². The molecule has 2 rings (SSSR count). The Labute approximate surface area is 123 Å². The molecular formula is C18H28FN. The summed E-state index contributed by atoms with van der Waals surface area (Å²) in [5.41, 5.74) is 1.99. The highest BCUT2D eigenvalue weighted by Gasteiger charge is 2.52. The van der Waals surface area contributed by atoms with E-state index in [2.05, 4.69) is 33.0 Å². The fraction of sp³-hybridized carbons (Fsp3) is 0.667. The number of hydrogen-bond donors (Lipinski definition) is 1. The van der Waals surface area contributed by atoms with E-state index in [1.165, 1.54) is 31.2 Å². The molecular weight excluding hydrogens is 249 g/mol. The second kappa shape index (κ2) is 5.85. The van der Waals surface area contributed by atoms with Crippen LogP contribution in [0.25, 0.3) is 0 Å². The maximum absolute atomic E-state index is 13.2. The topological polar surface area (TPSA) is 12.0 Å². The van der Waals surface area contributed by atoms with Crippen molar-refractivity contribution < 1.29 is 4.39 Å². The first-order valence-electron chi connectivity index (χ1n) is 7.95. The molecule has 0 aliphatic heterocycles. The Balaban J connectivity index is 2.21. The highest BCUT2D eigenvalue weighted by molar-refractivity contribution is 5.31. The van der Waals surface area contributed by atoms with Crippen LogP contribution in [0.2, 0.25) is 0 Å². The average molecular weight is 277 g/mol. The van der Waals surface area contributed by atoms with Gasteiger partial charge >= 0.3 is 0 Å². The van der Waals surface area contributed by atoms with Crippen LogP contribution in [0.4, 0.5) is 4.39 Å². The molecule has 0 radical (unpaired) electrons. The van der Waals surface area contributed by atoms with Crippen molar-refractivity contribution in [2.45, 2.75) is 64.8 Å². The van der Waals surface area contributed by atoms with Crippen LogP contribution in [0.3, 0.4) is 0 Å². The Morgan fingerprint density at radius 2 is 1.65 bits per heavy atom. The van der Waals surface area contributed by atoms with Gasteiger partial charge in [-0.05, 0) is 36.0 Å². The normalized spacial score (nSPS) is 19.9. The van der Waals surface area contributed by atoms with Crippen molar-refractivity contribution in [2.75, 3.05) is 6.54 Å². The minimum atomic E-state index is -0.141. The van der Waals surface area contributed by atoms with Gasteiger partial charge in [0.25, 0.3) is 0 Å². The summed E-state index contributed by atoms with van der Waals surface area (Å²) >= 11 is 0. The molecule has 0 amide bonds. The van der Waals surface area contributed by atoms with Gasteiger partial charge in [-0.1, -0.05) is 52.7 Å². The van der Waals surface area contributed by atoms with E-state index in [1.807, 2.05) is 12.1 Å². The molecule has 0 saturated heterocycles. The van der Waals surface area contributed by atoms with Crippen LogP contribution in [-0.2, 0) is 5.41 Å². The zero-order valence-electron chi connectivity index (χ0n) is 13.3. The van der Waals surface area contributed by atoms with Crippen molar-refractivity contribution in [3.63, 3.8) is 0 Å². The minimum Gasteiger partial charge on any atom is -0.314 e. The fourth-order valence-corrected chi connectivity index (χ4v) is 3.77. The van der Waals surface area contributed by atoms with Crippen molar-refractivity contribution in [3.05, 3.63) is 35.6 Å². The second-order valence-corrected chi connectivity index (χ2v) is 6.88. The predicted molar refractivity (Wildman–Crippen MR) is 83.5 cm³/mol. The molecule has 20 heavy (non-hydrogen) atoms. The Morgan fingerprint density at radius 3 is 2.10 bits per heavy atom. The molecule has 1 aromatic carbocycles. The third-order valence-corrected chi connectivity index (χ3v) is 5.23. The first-order valence-corrected chi connectivity index (χ1v) is 7.95. The molecule has 1 nitrogen and oxygen atoms in total. The van der Waals surface area contributed by atoms with E-state index in [0.717, 1.165) is 6.54 Å². The molecule has 0 aromatic heterocycles. The molecule has 1 aliphatic carbocycles. The molecule has 2 heteroatoms. The SMILES string of the molecule is CCC1(CC)CC(CNC(C)C)(c2ccc(F)cc2)C1. The number of rotatable bonds is 6. The molecule has 112 valence electrons. The Bertz CT molecular complexity index is 423. The van der Waals surface area contributed by atoms with Gasteiger partial charge in [0.15, 0.2) is 0 Å². The lowest BCUT2D eigenvalue weighted by atomic mass is 9.48. The minimum absolute atomic E-state index is 0.141. The zero-order valence-corrected chi connectivity index (χ0v) is 13.3. The average Bonchev–Trinajstić information content (AvgIpc) is 2.40. The summed E-state index contributed by atoms with van der Waals surface area (Å²) in [6, 6.07) is 7.65. The Hall–Kier alpha value is -0.890. The molecule has 0 atom stereocenters. The highest BCUT2D eigenvalue weighted by atomic mass is 19.1. The maximum atomic E-state index is 13.2. The number of nitrogens with one attached hydrogen (secondary N) is 1. The number of halogens is 1. The lowest BCUT2D eigenvalue weighted by Crippen LogP contribution is -2.55. The summed E-state index contributed by atoms with van der Waals surface area (Å²) in [4.78, 5) is 0. The smallest absolute Gasteiger partial charge is 0.123 e. The monoisotopic (exact) mass is 277 g/mol. The van der Waals surface area contributed by atoms with E-state index < -0.39 is 0 Å². The summed E-state index contributed by atoms with van der Waals surface area (Å²) < 4.78 is 13.2. The van der Waals surface area contributed by atoms with Crippen LogP contribution < -0.4 is 5.32 Å². The van der Waals surface area contributed by atoms with E-state index in [4.69, 9.17) is 0 Å². The summed E-state index contributed by atoms with van der Waals surface area (Å²) in [6.07, 6.45) is 4.93. The molecule has 0 unspecified atom stereocenters. The van der Waals surface area contributed by atoms with Crippen LogP contribution >= 0.6 is 0 Å². The molecule has 1 N–H and O–H groups in total. The predicted octanol–water partition coefficient (Wildman–Crippen LogP) is 4.66. The van der Waals surface area contributed by atoms with Crippen molar-refractivity contribution in [1.82, 2.24) is 5.32 Å². The van der Waals surface area contributed by atoms with Crippen molar-refractivity contribution in [2.24, 2.45) is 5.41 Å².